The number of carbonyl (C=O) groups excluding carboxylic acids is 2. The molecular weight excluding hydrogens is 268 g/mol. The minimum Gasteiger partial charge on any atom is -0.467 e. The van der Waals surface area contributed by atoms with Crippen LogP contribution >= 0.6 is 0 Å². The first kappa shape index (κ1) is 15.5. The van der Waals surface area contributed by atoms with Crippen LogP contribution in [0.25, 0.3) is 0 Å². The highest BCUT2D eigenvalue weighted by Crippen LogP contribution is 2.21. The molecule has 0 radical (unpaired) electrons. The Labute approximate surface area is 125 Å². The molecule has 1 unspecified atom stereocenters. The smallest absolute Gasteiger partial charge is 0.328 e. The average molecular weight is 290 g/mol. The summed E-state index contributed by atoms with van der Waals surface area (Å²) in [5, 5.41) is 0. The van der Waals surface area contributed by atoms with Crippen LogP contribution in [0.3, 0.4) is 0 Å². The topological polar surface area (TPSA) is 72.6 Å². The Morgan fingerprint density at radius 2 is 2.00 bits per heavy atom. The fraction of sp³-hybridized carbons (Fsp3) is 0.500. The molecule has 0 aliphatic carbocycles. The van der Waals surface area contributed by atoms with E-state index in [-0.39, 0.29) is 11.9 Å². The van der Waals surface area contributed by atoms with Gasteiger partial charge < -0.3 is 15.4 Å². The molecule has 1 atom stereocenters. The van der Waals surface area contributed by atoms with Crippen LogP contribution in [0.4, 0.5) is 0 Å². The number of likely N-dealkylation sites (tertiary alicyclic amines) is 1. The van der Waals surface area contributed by atoms with Crippen molar-refractivity contribution in [2.24, 2.45) is 5.73 Å². The van der Waals surface area contributed by atoms with Crippen molar-refractivity contribution in [3.8, 4) is 0 Å². The highest BCUT2D eigenvalue weighted by molar-refractivity contribution is 5.97. The van der Waals surface area contributed by atoms with Crippen LogP contribution in [0, 0.1) is 0 Å². The molecule has 0 aromatic heterocycles. The van der Waals surface area contributed by atoms with Gasteiger partial charge in [0, 0.05) is 12.1 Å². The number of nitrogens with two attached hydrogens (primary N) is 1. The molecular formula is C16H22N2O3. The molecule has 1 aliphatic rings. The van der Waals surface area contributed by atoms with Crippen LogP contribution in [-0.2, 0) is 16.0 Å². The third-order valence-corrected chi connectivity index (χ3v) is 3.87. The largest absolute Gasteiger partial charge is 0.467 e. The monoisotopic (exact) mass is 290 g/mol. The predicted octanol–water partition coefficient (Wildman–Crippen LogP) is 1.36. The second kappa shape index (κ2) is 7.22. The van der Waals surface area contributed by atoms with E-state index < -0.39 is 6.04 Å². The van der Waals surface area contributed by atoms with Gasteiger partial charge in [-0.05, 0) is 49.9 Å². The van der Waals surface area contributed by atoms with Crippen molar-refractivity contribution in [3.63, 3.8) is 0 Å². The maximum absolute atomic E-state index is 12.6. The van der Waals surface area contributed by atoms with Gasteiger partial charge in [-0.1, -0.05) is 12.1 Å². The van der Waals surface area contributed by atoms with Gasteiger partial charge in [-0.2, -0.15) is 0 Å². The number of esters is 1. The Kier molecular flexibility index (Phi) is 5.33. The summed E-state index contributed by atoms with van der Waals surface area (Å²) in [6.07, 6.45) is 3.33. The van der Waals surface area contributed by atoms with Crippen LogP contribution in [-0.4, -0.2) is 43.0 Å². The second-order valence-corrected chi connectivity index (χ2v) is 5.27. The summed E-state index contributed by atoms with van der Waals surface area (Å²) in [6, 6.07) is 6.97. The lowest BCUT2D eigenvalue weighted by atomic mass is 10.0. The van der Waals surface area contributed by atoms with Crippen molar-refractivity contribution in [3.05, 3.63) is 35.4 Å². The van der Waals surface area contributed by atoms with Crippen LogP contribution in [0.1, 0.15) is 35.2 Å². The highest BCUT2D eigenvalue weighted by Gasteiger charge is 2.33. The van der Waals surface area contributed by atoms with Gasteiger partial charge in [0.1, 0.15) is 6.04 Å². The Balaban J connectivity index is 2.14. The van der Waals surface area contributed by atoms with Gasteiger partial charge >= 0.3 is 5.97 Å². The molecule has 0 spiro atoms. The number of ether oxygens (including phenoxy) is 1. The van der Waals surface area contributed by atoms with E-state index in [4.69, 9.17) is 10.5 Å². The van der Waals surface area contributed by atoms with Crippen LogP contribution < -0.4 is 5.73 Å². The minimum absolute atomic E-state index is 0.107. The molecule has 0 saturated carbocycles. The third-order valence-electron chi connectivity index (χ3n) is 3.87. The van der Waals surface area contributed by atoms with E-state index >= 15 is 0 Å². The maximum Gasteiger partial charge on any atom is 0.328 e. The fourth-order valence-corrected chi connectivity index (χ4v) is 2.70. The first-order chi connectivity index (χ1) is 10.2. The Morgan fingerprint density at radius 3 is 2.62 bits per heavy atom. The molecule has 1 fully saturated rings. The van der Waals surface area contributed by atoms with Gasteiger partial charge in [0.2, 0.25) is 0 Å². The zero-order valence-corrected chi connectivity index (χ0v) is 12.4. The van der Waals surface area contributed by atoms with E-state index in [1.165, 1.54) is 7.11 Å². The lowest BCUT2D eigenvalue weighted by Gasteiger charge is -2.33. The first-order valence-electron chi connectivity index (χ1n) is 7.35. The minimum atomic E-state index is -0.458. The molecule has 5 heteroatoms. The Hall–Kier alpha value is -1.88. The normalized spacial score (nSPS) is 18.4. The van der Waals surface area contributed by atoms with Gasteiger partial charge in [0.05, 0.1) is 7.11 Å². The number of amides is 1. The summed E-state index contributed by atoms with van der Waals surface area (Å²) in [5.74, 6) is -0.438. The van der Waals surface area contributed by atoms with Crippen LogP contribution in [0.2, 0.25) is 0 Å². The van der Waals surface area contributed by atoms with Gasteiger partial charge in [-0.15, -0.1) is 0 Å². The molecule has 2 N–H and O–H groups in total. The molecule has 1 amide bonds. The van der Waals surface area contributed by atoms with Crippen molar-refractivity contribution in [2.75, 3.05) is 20.2 Å². The van der Waals surface area contributed by atoms with E-state index in [1.54, 1.807) is 17.0 Å². The van der Waals surface area contributed by atoms with Crippen molar-refractivity contribution < 1.29 is 14.3 Å². The van der Waals surface area contributed by atoms with Crippen molar-refractivity contribution >= 4 is 11.9 Å². The average Bonchev–Trinajstić information content (AvgIpc) is 2.54. The maximum atomic E-state index is 12.6. The Bertz CT molecular complexity index is 499. The van der Waals surface area contributed by atoms with E-state index in [0.29, 0.717) is 25.1 Å². The lowest BCUT2D eigenvalue weighted by molar-refractivity contribution is -0.147. The number of nitrogens with zero attached hydrogens (tertiary/aromatic N) is 1. The molecule has 114 valence electrons. The summed E-state index contributed by atoms with van der Waals surface area (Å²) >= 11 is 0. The molecule has 1 saturated heterocycles. The SMILES string of the molecule is COC(=O)C1CCCCN1C(=O)c1ccc(CCN)cc1. The fourth-order valence-electron chi connectivity index (χ4n) is 2.70. The van der Waals surface area contributed by atoms with Crippen LogP contribution in [0.15, 0.2) is 24.3 Å². The van der Waals surface area contributed by atoms with Crippen LogP contribution in [0.5, 0.6) is 0 Å². The van der Waals surface area contributed by atoms with E-state index in [0.717, 1.165) is 24.8 Å². The quantitative estimate of drug-likeness (QED) is 0.850. The summed E-state index contributed by atoms with van der Waals surface area (Å²) < 4.78 is 4.81. The molecule has 1 aliphatic heterocycles. The molecule has 1 aromatic rings. The summed E-state index contributed by atoms with van der Waals surface area (Å²) in [5.41, 5.74) is 7.23. The van der Waals surface area contributed by atoms with Gasteiger partial charge in [0.15, 0.2) is 0 Å². The third kappa shape index (κ3) is 3.61. The number of carbonyl (C=O) groups is 2. The molecule has 1 heterocycles. The molecule has 2 rings (SSSR count). The summed E-state index contributed by atoms with van der Waals surface area (Å²) in [6.45, 7) is 1.19. The predicted molar refractivity (Wildman–Crippen MR) is 79.9 cm³/mol. The van der Waals surface area contributed by atoms with Gasteiger partial charge in [0.25, 0.3) is 5.91 Å². The van der Waals surface area contributed by atoms with Crippen molar-refractivity contribution in [1.29, 1.82) is 0 Å². The highest BCUT2D eigenvalue weighted by atomic mass is 16.5. The van der Waals surface area contributed by atoms with Crippen molar-refractivity contribution in [1.82, 2.24) is 4.90 Å². The number of hydrogen-bond acceptors (Lipinski definition) is 4. The summed E-state index contributed by atoms with van der Waals surface area (Å²) in [4.78, 5) is 26.0. The number of rotatable bonds is 4. The lowest BCUT2D eigenvalue weighted by Crippen LogP contribution is -2.48. The number of benzene rings is 1. The zero-order valence-electron chi connectivity index (χ0n) is 12.4. The molecule has 0 bridgehead atoms. The summed E-state index contributed by atoms with van der Waals surface area (Å²) in [7, 11) is 1.36. The van der Waals surface area contributed by atoms with E-state index in [2.05, 4.69) is 0 Å². The van der Waals surface area contributed by atoms with Gasteiger partial charge in [-0.25, -0.2) is 4.79 Å². The first-order valence-corrected chi connectivity index (χ1v) is 7.35. The Morgan fingerprint density at radius 1 is 1.29 bits per heavy atom. The van der Waals surface area contributed by atoms with Crippen molar-refractivity contribution in [2.45, 2.75) is 31.7 Å². The zero-order chi connectivity index (χ0) is 15.2. The van der Waals surface area contributed by atoms with E-state index in [9.17, 15) is 9.59 Å². The number of methoxy groups -OCH3 is 1. The number of hydrogen-bond donors (Lipinski definition) is 1. The molecule has 5 nitrogen and oxygen atoms in total. The molecule has 1 aromatic carbocycles. The number of piperidine rings is 1. The molecule has 21 heavy (non-hydrogen) atoms. The van der Waals surface area contributed by atoms with E-state index in [1.807, 2.05) is 12.1 Å². The standard InChI is InChI=1S/C16H22N2O3/c1-21-16(20)14-4-2-3-11-18(14)15(19)13-7-5-12(6-8-13)9-10-17/h5-8,14H,2-4,9-11,17H2,1H3. The second-order valence-electron chi connectivity index (χ2n) is 5.27. The van der Waals surface area contributed by atoms with Gasteiger partial charge in [-0.3, -0.25) is 4.79 Å².